The van der Waals surface area contributed by atoms with Gasteiger partial charge in [0.2, 0.25) is 10.0 Å². The molecule has 0 aromatic heterocycles. The maximum Gasteiger partial charge on any atom is 0.244 e. The first-order chi connectivity index (χ1) is 11.8. The number of hydrogen-bond donors (Lipinski definition) is 0. The summed E-state index contributed by atoms with van der Waals surface area (Å²) in [6.45, 7) is 0.332. The molecule has 0 spiro atoms. The first kappa shape index (κ1) is 18.6. The minimum absolute atomic E-state index is 0.166. The minimum Gasteiger partial charge on any atom is -0.224 e. The summed E-state index contributed by atoms with van der Waals surface area (Å²) in [6, 6.07) is 14.2. The predicted octanol–water partition coefficient (Wildman–Crippen LogP) is 3.08. The van der Waals surface area contributed by atoms with E-state index in [1.165, 1.54) is 22.5 Å². The van der Waals surface area contributed by atoms with Crippen molar-refractivity contribution in [1.29, 1.82) is 0 Å². The highest BCUT2D eigenvalue weighted by molar-refractivity contribution is 9.10. The molecule has 2 aromatic carbocycles. The largest absolute Gasteiger partial charge is 0.244 e. The molecule has 2 aromatic rings. The van der Waals surface area contributed by atoms with Gasteiger partial charge in [0.25, 0.3) is 0 Å². The highest BCUT2D eigenvalue weighted by Gasteiger charge is 2.38. The molecule has 1 fully saturated rings. The number of sulfonamides is 1. The van der Waals surface area contributed by atoms with E-state index < -0.39 is 25.9 Å². The molecule has 0 radical (unpaired) electrons. The highest BCUT2D eigenvalue weighted by Crippen LogP contribution is 2.31. The van der Waals surface area contributed by atoms with E-state index in [0.29, 0.717) is 23.9 Å². The number of nitrogens with zero attached hydrogens (tertiary/aromatic N) is 1. The van der Waals surface area contributed by atoms with E-state index in [-0.39, 0.29) is 15.5 Å². The van der Waals surface area contributed by atoms with Crippen molar-refractivity contribution in [2.45, 2.75) is 28.7 Å². The first-order valence-corrected chi connectivity index (χ1v) is 11.7. The van der Waals surface area contributed by atoms with Gasteiger partial charge < -0.3 is 0 Å². The van der Waals surface area contributed by atoms with Crippen molar-refractivity contribution in [3.8, 4) is 0 Å². The normalized spacial score (nSPS) is 19.2. The van der Waals surface area contributed by atoms with Crippen molar-refractivity contribution in [3.05, 3.63) is 59.1 Å². The van der Waals surface area contributed by atoms with Crippen LogP contribution in [-0.2, 0) is 19.9 Å². The third-order valence-electron chi connectivity index (χ3n) is 4.26. The molecule has 0 N–H and O–H groups in total. The summed E-state index contributed by atoms with van der Waals surface area (Å²) in [5.74, 6) is -0.208. The number of benzene rings is 2. The third kappa shape index (κ3) is 3.81. The topological polar surface area (TPSA) is 71.5 Å². The maximum atomic E-state index is 13.0. The third-order valence-corrected chi connectivity index (χ3v) is 9.04. The Hall–Kier alpha value is -1.22. The lowest BCUT2D eigenvalue weighted by Gasteiger charge is -2.24. The van der Waals surface area contributed by atoms with Crippen LogP contribution in [0.25, 0.3) is 0 Å². The van der Waals surface area contributed by atoms with Gasteiger partial charge in [-0.3, -0.25) is 0 Å². The van der Waals surface area contributed by atoms with Gasteiger partial charge in [0, 0.05) is 17.1 Å². The second kappa shape index (κ2) is 7.19. The molecule has 0 amide bonds. The molecule has 0 bridgehead atoms. The summed E-state index contributed by atoms with van der Waals surface area (Å²) >= 11 is 3.27. The molecule has 5 nitrogen and oxygen atoms in total. The molecule has 1 heterocycles. The Labute approximate surface area is 156 Å². The zero-order chi connectivity index (χ0) is 18.1. The predicted molar refractivity (Wildman–Crippen MR) is 99.6 cm³/mol. The van der Waals surface area contributed by atoms with Crippen molar-refractivity contribution in [3.63, 3.8) is 0 Å². The molecule has 1 aliphatic rings. The Kier molecular flexibility index (Phi) is 5.34. The van der Waals surface area contributed by atoms with E-state index >= 15 is 0 Å². The molecule has 8 heteroatoms. The van der Waals surface area contributed by atoms with E-state index in [4.69, 9.17) is 0 Å². The molecule has 1 atom stereocenters. The van der Waals surface area contributed by atoms with Crippen LogP contribution in [0.15, 0.2) is 68.9 Å². The molecular weight excluding hydrogens is 426 g/mol. The lowest BCUT2D eigenvalue weighted by atomic mass is 10.3. The fourth-order valence-electron chi connectivity index (χ4n) is 3.05. The Balaban J connectivity index is 1.90. The summed E-state index contributed by atoms with van der Waals surface area (Å²) in [5, 5.41) is 0. The van der Waals surface area contributed by atoms with Gasteiger partial charge in [-0.25, -0.2) is 16.8 Å². The zero-order valence-electron chi connectivity index (χ0n) is 13.4. The molecule has 134 valence electrons. The summed E-state index contributed by atoms with van der Waals surface area (Å²) in [5.41, 5.74) is 0. The highest BCUT2D eigenvalue weighted by atomic mass is 79.9. The van der Waals surface area contributed by atoms with Crippen LogP contribution in [-0.4, -0.2) is 39.5 Å². The van der Waals surface area contributed by atoms with Gasteiger partial charge in [0.05, 0.1) is 15.5 Å². The van der Waals surface area contributed by atoms with Crippen molar-refractivity contribution < 1.29 is 16.8 Å². The molecule has 3 rings (SSSR count). The Morgan fingerprint density at radius 2 is 1.60 bits per heavy atom. The van der Waals surface area contributed by atoms with Gasteiger partial charge in [-0.1, -0.05) is 30.3 Å². The maximum absolute atomic E-state index is 13.0. The average Bonchev–Trinajstić information content (AvgIpc) is 3.04. The van der Waals surface area contributed by atoms with Gasteiger partial charge in [-0.2, -0.15) is 4.31 Å². The summed E-state index contributed by atoms with van der Waals surface area (Å²) in [4.78, 5) is 0.388. The molecule has 0 saturated carbocycles. The SMILES string of the molecule is O=S(=O)(CC1CCCN1S(=O)(=O)c1ccccc1Br)c1ccccc1. The number of sulfone groups is 1. The number of rotatable bonds is 5. The second-order valence-electron chi connectivity index (χ2n) is 5.94. The molecule has 1 saturated heterocycles. The van der Waals surface area contributed by atoms with Crippen LogP contribution in [0.1, 0.15) is 12.8 Å². The van der Waals surface area contributed by atoms with Gasteiger partial charge in [0.1, 0.15) is 0 Å². The quantitative estimate of drug-likeness (QED) is 0.711. The monoisotopic (exact) mass is 443 g/mol. The van der Waals surface area contributed by atoms with E-state index in [0.717, 1.165) is 0 Å². The van der Waals surface area contributed by atoms with Crippen LogP contribution < -0.4 is 0 Å². The minimum atomic E-state index is -3.75. The van der Waals surface area contributed by atoms with Crippen LogP contribution >= 0.6 is 15.9 Å². The van der Waals surface area contributed by atoms with Gasteiger partial charge in [-0.15, -0.1) is 0 Å². The second-order valence-corrected chi connectivity index (χ2v) is 10.7. The lowest BCUT2D eigenvalue weighted by Crippen LogP contribution is -2.39. The molecular formula is C17H18BrNO4S2. The molecule has 0 aliphatic carbocycles. The van der Waals surface area contributed by atoms with Gasteiger partial charge >= 0.3 is 0 Å². The van der Waals surface area contributed by atoms with Crippen LogP contribution in [0, 0.1) is 0 Å². The van der Waals surface area contributed by atoms with Crippen LogP contribution in [0.5, 0.6) is 0 Å². The summed E-state index contributed by atoms with van der Waals surface area (Å²) in [6.07, 6.45) is 1.19. The van der Waals surface area contributed by atoms with E-state index in [1.807, 2.05) is 0 Å². The van der Waals surface area contributed by atoms with Crippen LogP contribution in [0.2, 0.25) is 0 Å². The standard InChI is InChI=1S/C17H18BrNO4S2/c18-16-10-4-5-11-17(16)25(22,23)19-12-6-7-14(19)13-24(20,21)15-8-2-1-3-9-15/h1-5,8-11,14H,6-7,12-13H2. The number of halogens is 1. The summed E-state index contributed by atoms with van der Waals surface area (Å²) < 4.78 is 53.1. The molecule has 1 aliphatic heterocycles. The Morgan fingerprint density at radius 3 is 2.28 bits per heavy atom. The van der Waals surface area contributed by atoms with E-state index in [9.17, 15) is 16.8 Å². The van der Waals surface area contributed by atoms with Crippen molar-refractivity contribution in [2.75, 3.05) is 12.3 Å². The lowest BCUT2D eigenvalue weighted by molar-refractivity contribution is 0.407. The van der Waals surface area contributed by atoms with E-state index in [2.05, 4.69) is 15.9 Å². The van der Waals surface area contributed by atoms with Crippen molar-refractivity contribution >= 4 is 35.8 Å². The molecule has 1 unspecified atom stereocenters. The first-order valence-electron chi connectivity index (χ1n) is 7.86. The van der Waals surface area contributed by atoms with Crippen LogP contribution in [0.3, 0.4) is 0 Å². The zero-order valence-corrected chi connectivity index (χ0v) is 16.6. The fourth-order valence-corrected chi connectivity index (χ4v) is 7.42. The fraction of sp³-hybridized carbons (Fsp3) is 0.294. The average molecular weight is 444 g/mol. The Bertz CT molecular complexity index is 959. The van der Waals surface area contributed by atoms with Crippen molar-refractivity contribution in [1.82, 2.24) is 4.31 Å². The van der Waals surface area contributed by atoms with Crippen LogP contribution in [0.4, 0.5) is 0 Å². The van der Waals surface area contributed by atoms with Crippen molar-refractivity contribution in [2.24, 2.45) is 0 Å². The summed E-state index contributed by atoms with van der Waals surface area (Å²) in [7, 11) is -7.30. The van der Waals surface area contributed by atoms with Gasteiger partial charge in [-0.05, 0) is 53.0 Å². The van der Waals surface area contributed by atoms with E-state index in [1.54, 1.807) is 36.4 Å². The molecule has 25 heavy (non-hydrogen) atoms. The van der Waals surface area contributed by atoms with Gasteiger partial charge in [0.15, 0.2) is 9.84 Å². The smallest absolute Gasteiger partial charge is 0.224 e. The number of hydrogen-bond acceptors (Lipinski definition) is 4. The Morgan fingerprint density at radius 1 is 0.960 bits per heavy atom.